The molecule has 1 aromatic heterocycles. The number of halogens is 2. The predicted molar refractivity (Wildman–Crippen MR) is 132 cm³/mol. The van der Waals surface area contributed by atoms with E-state index in [4.69, 9.17) is 27.9 Å². The van der Waals surface area contributed by atoms with Crippen LogP contribution in [-0.2, 0) is 13.2 Å². The molecule has 3 aromatic rings. The molecule has 0 bridgehead atoms. The number of ether oxygens (including phenoxy) is 1. The van der Waals surface area contributed by atoms with Crippen molar-refractivity contribution in [2.45, 2.75) is 27.0 Å². The Morgan fingerprint density at radius 3 is 2.59 bits per heavy atom. The minimum Gasteiger partial charge on any atom is -0.489 e. The van der Waals surface area contributed by atoms with Gasteiger partial charge in [-0.3, -0.25) is 9.69 Å². The van der Waals surface area contributed by atoms with E-state index in [-0.39, 0.29) is 5.91 Å². The maximum absolute atomic E-state index is 13.0. The number of amides is 1. The summed E-state index contributed by atoms with van der Waals surface area (Å²) in [6.45, 7) is 8.41. The van der Waals surface area contributed by atoms with Crippen molar-refractivity contribution in [1.29, 1.82) is 0 Å². The van der Waals surface area contributed by atoms with Crippen LogP contribution in [0.3, 0.4) is 0 Å². The zero-order valence-corrected chi connectivity index (χ0v) is 20.6. The van der Waals surface area contributed by atoms with E-state index in [2.05, 4.69) is 24.8 Å². The monoisotopic (exact) mass is 488 g/mol. The first-order valence-corrected chi connectivity index (χ1v) is 12.3. The summed E-state index contributed by atoms with van der Waals surface area (Å²) in [7, 11) is 0. The predicted octanol–water partition coefficient (Wildman–Crippen LogP) is 6.21. The summed E-state index contributed by atoms with van der Waals surface area (Å²) in [4.78, 5) is 18.0. The van der Waals surface area contributed by atoms with Gasteiger partial charge in [0.25, 0.3) is 5.91 Å². The van der Waals surface area contributed by atoms with Crippen LogP contribution in [0.5, 0.6) is 5.75 Å². The summed E-state index contributed by atoms with van der Waals surface area (Å²) in [6.07, 6.45) is 0. The summed E-state index contributed by atoms with van der Waals surface area (Å²) in [5.41, 5.74) is 4.44. The summed E-state index contributed by atoms with van der Waals surface area (Å²) in [5, 5.41) is 3.34. The molecule has 0 saturated carbocycles. The number of piperazine rings is 1. The van der Waals surface area contributed by atoms with Gasteiger partial charge in [0.05, 0.1) is 4.88 Å². The lowest BCUT2D eigenvalue weighted by molar-refractivity contribution is 0.0633. The summed E-state index contributed by atoms with van der Waals surface area (Å²) in [5.74, 6) is 0.984. The smallest absolute Gasteiger partial charge is 0.264 e. The second-order valence-corrected chi connectivity index (χ2v) is 9.86. The van der Waals surface area contributed by atoms with Gasteiger partial charge in [-0.25, -0.2) is 0 Å². The maximum Gasteiger partial charge on any atom is 0.264 e. The van der Waals surface area contributed by atoms with Crippen LogP contribution in [0, 0.1) is 13.8 Å². The van der Waals surface area contributed by atoms with Crippen LogP contribution in [0.4, 0.5) is 0 Å². The lowest BCUT2D eigenvalue weighted by Crippen LogP contribution is -2.48. The zero-order valence-electron chi connectivity index (χ0n) is 18.2. The van der Waals surface area contributed by atoms with Gasteiger partial charge >= 0.3 is 0 Å². The molecular formula is C25H26Cl2N2O2S. The Kier molecular flexibility index (Phi) is 7.41. The van der Waals surface area contributed by atoms with E-state index in [9.17, 15) is 4.79 Å². The molecular weight excluding hydrogens is 463 g/mol. The van der Waals surface area contributed by atoms with Crippen molar-refractivity contribution in [1.82, 2.24) is 9.80 Å². The van der Waals surface area contributed by atoms with Gasteiger partial charge in [0.2, 0.25) is 0 Å². The van der Waals surface area contributed by atoms with Crippen molar-refractivity contribution in [3.63, 3.8) is 0 Å². The third-order valence-electron chi connectivity index (χ3n) is 5.88. The molecule has 2 heterocycles. The van der Waals surface area contributed by atoms with E-state index >= 15 is 0 Å². The highest BCUT2D eigenvalue weighted by Gasteiger charge is 2.23. The van der Waals surface area contributed by atoms with Crippen LogP contribution in [0.15, 0.2) is 47.8 Å². The largest absolute Gasteiger partial charge is 0.489 e. The molecule has 1 fully saturated rings. The number of benzene rings is 2. The number of rotatable bonds is 6. The van der Waals surface area contributed by atoms with E-state index in [1.165, 1.54) is 16.9 Å². The highest BCUT2D eigenvalue weighted by Crippen LogP contribution is 2.25. The van der Waals surface area contributed by atoms with Crippen molar-refractivity contribution < 1.29 is 9.53 Å². The minimum atomic E-state index is 0.0946. The summed E-state index contributed by atoms with van der Waals surface area (Å²) >= 11 is 13.8. The second kappa shape index (κ2) is 10.3. The zero-order chi connectivity index (χ0) is 22.7. The van der Waals surface area contributed by atoms with E-state index in [1.807, 2.05) is 40.6 Å². The number of carbonyl (C=O) groups excluding carboxylic acids is 1. The lowest BCUT2D eigenvalue weighted by Gasteiger charge is -2.34. The average Bonchev–Trinajstić information content (AvgIpc) is 3.26. The molecule has 4 nitrogen and oxygen atoms in total. The maximum atomic E-state index is 13.0. The Morgan fingerprint density at radius 2 is 1.84 bits per heavy atom. The summed E-state index contributed by atoms with van der Waals surface area (Å²) < 4.78 is 5.99. The van der Waals surface area contributed by atoms with Gasteiger partial charge in [-0.1, -0.05) is 41.4 Å². The fraction of sp³-hybridized carbons (Fsp3) is 0.320. The Morgan fingerprint density at radius 1 is 1.06 bits per heavy atom. The van der Waals surface area contributed by atoms with Crippen LogP contribution < -0.4 is 4.74 Å². The van der Waals surface area contributed by atoms with Crippen molar-refractivity contribution in [2.24, 2.45) is 0 Å². The molecule has 1 aliphatic rings. The van der Waals surface area contributed by atoms with Crippen molar-refractivity contribution in [3.8, 4) is 5.75 Å². The van der Waals surface area contributed by atoms with Gasteiger partial charge in [-0.2, -0.15) is 0 Å². The summed E-state index contributed by atoms with van der Waals surface area (Å²) in [6, 6.07) is 13.6. The van der Waals surface area contributed by atoms with Crippen molar-refractivity contribution in [2.75, 3.05) is 26.2 Å². The van der Waals surface area contributed by atoms with Crippen molar-refractivity contribution >= 4 is 40.4 Å². The quantitative estimate of drug-likeness (QED) is 0.413. The van der Waals surface area contributed by atoms with Crippen molar-refractivity contribution in [3.05, 3.63) is 85.0 Å². The number of hydrogen-bond acceptors (Lipinski definition) is 4. The molecule has 0 atom stereocenters. The van der Waals surface area contributed by atoms with Crippen LogP contribution >= 0.6 is 34.5 Å². The molecule has 7 heteroatoms. The minimum absolute atomic E-state index is 0.0946. The van der Waals surface area contributed by atoms with Gasteiger partial charge in [-0.05, 0) is 60.2 Å². The molecule has 0 aliphatic carbocycles. The molecule has 1 amide bonds. The Balaban J connectivity index is 1.30. The Labute approximate surface area is 203 Å². The Hall–Kier alpha value is -2.05. The molecule has 0 spiro atoms. The van der Waals surface area contributed by atoms with E-state index in [0.717, 1.165) is 47.0 Å². The molecule has 0 N–H and O–H groups in total. The van der Waals surface area contributed by atoms with Crippen LogP contribution in [0.1, 0.15) is 31.9 Å². The molecule has 1 saturated heterocycles. The average molecular weight is 489 g/mol. The number of hydrogen-bond donors (Lipinski definition) is 0. The van der Waals surface area contributed by atoms with E-state index < -0.39 is 0 Å². The number of thiophene rings is 1. The van der Waals surface area contributed by atoms with Gasteiger partial charge < -0.3 is 9.64 Å². The normalized spacial score (nSPS) is 14.6. The van der Waals surface area contributed by atoms with Crippen LogP contribution in [-0.4, -0.2) is 41.9 Å². The number of nitrogens with zero attached hydrogens (tertiary/aromatic N) is 2. The Bertz CT molecular complexity index is 1110. The van der Waals surface area contributed by atoms with Gasteiger partial charge in [-0.15, -0.1) is 11.3 Å². The number of aryl methyl sites for hydroxylation is 1. The first kappa shape index (κ1) is 23.1. The van der Waals surface area contributed by atoms with Gasteiger partial charge in [0.1, 0.15) is 12.4 Å². The highest BCUT2D eigenvalue weighted by atomic mass is 35.5. The van der Waals surface area contributed by atoms with E-state index in [0.29, 0.717) is 29.7 Å². The second-order valence-electron chi connectivity index (χ2n) is 8.11. The topological polar surface area (TPSA) is 32.8 Å². The molecule has 168 valence electrons. The first-order valence-electron chi connectivity index (χ1n) is 10.6. The standard InChI is InChI=1S/C25H26Cl2N2O2S/c1-17-4-3-5-23(18(17)2)31-15-19-12-24(32-16-19)25(30)29-10-8-28(9-11-29)14-20-6-7-21(26)13-22(20)27/h3-7,12-13,16H,8-11,14-15H2,1-2H3. The SMILES string of the molecule is Cc1cccc(OCc2csc(C(=O)N3CCN(Cc4ccc(Cl)cc4Cl)CC3)c2)c1C. The van der Waals surface area contributed by atoms with Gasteiger partial charge in [0, 0.05) is 48.3 Å². The van der Waals surface area contributed by atoms with E-state index in [1.54, 1.807) is 6.07 Å². The molecule has 0 unspecified atom stereocenters. The molecule has 32 heavy (non-hydrogen) atoms. The number of carbonyl (C=O) groups is 1. The third kappa shape index (κ3) is 5.46. The first-order chi connectivity index (χ1) is 15.4. The molecule has 4 rings (SSSR count). The third-order valence-corrected chi connectivity index (χ3v) is 7.44. The molecule has 0 radical (unpaired) electrons. The van der Waals surface area contributed by atoms with Crippen LogP contribution in [0.25, 0.3) is 0 Å². The highest BCUT2D eigenvalue weighted by molar-refractivity contribution is 7.12. The fourth-order valence-corrected chi connectivity index (χ4v) is 5.09. The fourth-order valence-electron chi connectivity index (χ4n) is 3.76. The molecule has 1 aliphatic heterocycles. The van der Waals surface area contributed by atoms with Crippen LogP contribution in [0.2, 0.25) is 10.0 Å². The van der Waals surface area contributed by atoms with Gasteiger partial charge in [0.15, 0.2) is 0 Å². The lowest BCUT2D eigenvalue weighted by atomic mass is 10.1. The molecule has 2 aromatic carbocycles.